The number of hydrogen-bond acceptors (Lipinski definition) is 3. The third-order valence-corrected chi connectivity index (χ3v) is 3.47. The van der Waals surface area contributed by atoms with Gasteiger partial charge in [0.15, 0.2) is 0 Å². The normalized spacial score (nSPS) is 28.8. The molecule has 1 N–H and O–H groups in total. The van der Waals surface area contributed by atoms with Gasteiger partial charge in [-0.3, -0.25) is 0 Å². The van der Waals surface area contributed by atoms with Crippen molar-refractivity contribution >= 4 is 5.82 Å². The molecule has 0 amide bonds. The van der Waals surface area contributed by atoms with Gasteiger partial charge in [-0.15, -0.1) is 0 Å². The highest BCUT2D eigenvalue weighted by Gasteiger charge is 2.35. The Hall–Kier alpha value is -1.09. The van der Waals surface area contributed by atoms with Crippen molar-refractivity contribution in [2.45, 2.75) is 32.4 Å². The van der Waals surface area contributed by atoms with Gasteiger partial charge < -0.3 is 10.2 Å². The fourth-order valence-corrected chi connectivity index (χ4v) is 2.83. The van der Waals surface area contributed by atoms with Gasteiger partial charge in [-0.05, 0) is 31.4 Å². The zero-order valence-electron chi connectivity index (χ0n) is 9.33. The molecule has 3 heteroatoms. The van der Waals surface area contributed by atoms with Crippen LogP contribution in [0.2, 0.25) is 0 Å². The molecule has 1 saturated heterocycles. The standard InChI is InChI=1S/C12H17N3/c1-8-3-10-4-11-7-13-6-9(2)15(11)12(10)14-5-8/h3,5,9,11,13H,4,6-7H2,1-2H3/t9-,11-/m1/s1. The maximum absolute atomic E-state index is 4.59. The Kier molecular flexibility index (Phi) is 1.96. The molecule has 80 valence electrons. The largest absolute Gasteiger partial charge is 0.348 e. The number of nitrogens with one attached hydrogen (secondary N) is 1. The third kappa shape index (κ3) is 1.34. The van der Waals surface area contributed by atoms with Crippen LogP contribution in [-0.2, 0) is 6.42 Å². The molecule has 2 aliphatic rings. The summed E-state index contributed by atoms with van der Waals surface area (Å²) >= 11 is 0. The van der Waals surface area contributed by atoms with Crippen molar-refractivity contribution in [2.75, 3.05) is 18.0 Å². The first-order valence-electron chi connectivity index (χ1n) is 5.70. The van der Waals surface area contributed by atoms with Crippen molar-refractivity contribution in [3.63, 3.8) is 0 Å². The summed E-state index contributed by atoms with van der Waals surface area (Å²) in [5, 5.41) is 3.49. The fraction of sp³-hybridized carbons (Fsp3) is 0.583. The van der Waals surface area contributed by atoms with E-state index < -0.39 is 0 Å². The number of pyridine rings is 1. The molecule has 0 saturated carbocycles. The van der Waals surface area contributed by atoms with E-state index in [2.05, 4.69) is 35.1 Å². The summed E-state index contributed by atoms with van der Waals surface area (Å²) in [6.45, 7) is 6.56. The number of fused-ring (bicyclic) bond motifs is 3. The van der Waals surface area contributed by atoms with E-state index in [4.69, 9.17) is 0 Å². The summed E-state index contributed by atoms with van der Waals surface area (Å²) in [5.74, 6) is 1.22. The average Bonchev–Trinajstić information content (AvgIpc) is 2.56. The van der Waals surface area contributed by atoms with Crippen LogP contribution in [0.15, 0.2) is 12.3 Å². The second-order valence-corrected chi connectivity index (χ2v) is 4.77. The second-order valence-electron chi connectivity index (χ2n) is 4.77. The van der Waals surface area contributed by atoms with Crippen molar-refractivity contribution in [1.82, 2.24) is 10.3 Å². The smallest absolute Gasteiger partial charge is 0.132 e. The van der Waals surface area contributed by atoms with E-state index in [1.54, 1.807) is 0 Å². The van der Waals surface area contributed by atoms with E-state index in [0.29, 0.717) is 12.1 Å². The van der Waals surface area contributed by atoms with Crippen molar-refractivity contribution in [2.24, 2.45) is 0 Å². The van der Waals surface area contributed by atoms with Crippen LogP contribution < -0.4 is 10.2 Å². The Bertz CT molecular complexity index is 388. The Morgan fingerprint density at radius 3 is 3.20 bits per heavy atom. The highest BCUT2D eigenvalue weighted by atomic mass is 15.3. The van der Waals surface area contributed by atoms with E-state index in [-0.39, 0.29) is 0 Å². The molecule has 0 unspecified atom stereocenters. The number of hydrogen-bond donors (Lipinski definition) is 1. The van der Waals surface area contributed by atoms with Crippen molar-refractivity contribution < 1.29 is 0 Å². The van der Waals surface area contributed by atoms with Gasteiger partial charge in [0, 0.05) is 31.4 Å². The minimum Gasteiger partial charge on any atom is -0.348 e. The average molecular weight is 203 g/mol. The van der Waals surface area contributed by atoms with Gasteiger partial charge in [-0.1, -0.05) is 6.07 Å². The monoisotopic (exact) mass is 203 g/mol. The van der Waals surface area contributed by atoms with Crippen LogP contribution in [0.25, 0.3) is 0 Å². The third-order valence-electron chi connectivity index (χ3n) is 3.47. The first kappa shape index (κ1) is 9.16. The van der Waals surface area contributed by atoms with Gasteiger partial charge >= 0.3 is 0 Å². The highest BCUT2D eigenvalue weighted by Crippen LogP contribution is 2.33. The maximum Gasteiger partial charge on any atom is 0.132 e. The molecule has 1 aromatic rings. The van der Waals surface area contributed by atoms with Crippen LogP contribution in [0.3, 0.4) is 0 Å². The lowest BCUT2D eigenvalue weighted by Crippen LogP contribution is -2.55. The molecule has 0 aliphatic carbocycles. The van der Waals surface area contributed by atoms with Crippen LogP contribution in [0.1, 0.15) is 18.1 Å². The van der Waals surface area contributed by atoms with Crippen LogP contribution >= 0.6 is 0 Å². The molecule has 0 radical (unpaired) electrons. The Labute approximate surface area is 90.5 Å². The van der Waals surface area contributed by atoms with Crippen LogP contribution in [-0.4, -0.2) is 30.2 Å². The lowest BCUT2D eigenvalue weighted by molar-refractivity contribution is 0.428. The highest BCUT2D eigenvalue weighted by molar-refractivity contribution is 5.56. The number of piperazine rings is 1. The first-order valence-corrected chi connectivity index (χ1v) is 5.70. The molecule has 3 nitrogen and oxygen atoms in total. The quantitative estimate of drug-likeness (QED) is 0.684. The Morgan fingerprint density at radius 1 is 1.47 bits per heavy atom. The van der Waals surface area contributed by atoms with E-state index in [0.717, 1.165) is 19.5 Å². The summed E-state index contributed by atoms with van der Waals surface area (Å²) in [7, 11) is 0. The molecule has 15 heavy (non-hydrogen) atoms. The predicted molar refractivity (Wildman–Crippen MR) is 61.3 cm³/mol. The minimum absolute atomic E-state index is 0.570. The molecule has 0 bridgehead atoms. The predicted octanol–water partition coefficient (Wildman–Crippen LogP) is 1.11. The molecule has 3 heterocycles. The topological polar surface area (TPSA) is 28.2 Å². The zero-order valence-corrected chi connectivity index (χ0v) is 9.33. The zero-order chi connectivity index (χ0) is 10.4. The molecule has 0 aromatic carbocycles. The molecule has 3 rings (SSSR count). The van der Waals surface area contributed by atoms with E-state index in [1.165, 1.54) is 16.9 Å². The van der Waals surface area contributed by atoms with Gasteiger partial charge in [-0.25, -0.2) is 4.98 Å². The van der Waals surface area contributed by atoms with Gasteiger partial charge in [0.25, 0.3) is 0 Å². The van der Waals surface area contributed by atoms with Crippen LogP contribution in [0, 0.1) is 6.92 Å². The van der Waals surface area contributed by atoms with Gasteiger partial charge in [0.2, 0.25) is 0 Å². The van der Waals surface area contributed by atoms with Crippen molar-refractivity contribution in [3.05, 3.63) is 23.4 Å². The van der Waals surface area contributed by atoms with E-state index in [9.17, 15) is 0 Å². The summed E-state index contributed by atoms with van der Waals surface area (Å²) in [5.41, 5.74) is 2.70. The Morgan fingerprint density at radius 2 is 2.33 bits per heavy atom. The van der Waals surface area contributed by atoms with E-state index in [1.807, 2.05) is 6.20 Å². The van der Waals surface area contributed by atoms with Crippen molar-refractivity contribution in [1.29, 1.82) is 0 Å². The molecular weight excluding hydrogens is 186 g/mol. The molecule has 1 aromatic heterocycles. The van der Waals surface area contributed by atoms with Crippen LogP contribution in [0.5, 0.6) is 0 Å². The SMILES string of the molecule is Cc1cnc2c(c1)C[C@@H]1CNC[C@@H](C)N21. The summed E-state index contributed by atoms with van der Waals surface area (Å²) < 4.78 is 0. The summed E-state index contributed by atoms with van der Waals surface area (Å²) in [6.07, 6.45) is 3.14. The van der Waals surface area contributed by atoms with Gasteiger partial charge in [0.1, 0.15) is 5.82 Å². The lowest BCUT2D eigenvalue weighted by atomic mass is 10.1. The Balaban J connectivity index is 2.03. The van der Waals surface area contributed by atoms with Gasteiger partial charge in [0.05, 0.1) is 0 Å². The van der Waals surface area contributed by atoms with Gasteiger partial charge in [-0.2, -0.15) is 0 Å². The molecule has 1 fully saturated rings. The molecule has 0 spiro atoms. The second kappa shape index (κ2) is 3.20. The number of anilines is 1. The number of aryl methyl sites for hydroxylation is 1. The summed E-state index contributed by atoms with van der Waals surface area (Å²) in [6, 6.07) is 3.48. The fourth-order valence-electron chi connectivity index (χ4n) is 2.83. The molecule has 2 aliphatic heterocycles. The number of aromatic nitrogens is 1. The first-order chi connectivity index (χ1) is 7.25. The lowest BCUT2D eigenvalue weighted by Gasteiger charge is -2.37. The maximum atomic E-state index is 4.59. The molecule has 2 atom stereocenters. The minimum atomic E-state index is 0.570. The van der Waals surface area contributed by atoms with E-state index >= 15 is 0 Å². The van der Waals surface area contributed by atoms with Crippen LogP contribution in [0.4, 0.5) is 5.82 Å². The number of rotatable bonds is 0. The molecular formula is C12H17N3. The number of nitrogens with zero attached hydrogens (tertiary/aromatic N) is 2. The summed E-state index contributed by atoms with van der Waals surface area (Å²) in [4.78, 5) is 7.08. The van der Waals surface area contributed by atoms with Crippen molar-refractivity contribution in [3.8, 4) is 0 Å².